The molecular weight excluding hydrogens is 348 g/mol. The highest BCUT2D eigenvalue weighted by molar-refractivity contribution is 5.80. The lowest BCUT2D eigenvalue weighted by molar-refractivity contribution is -0.136. The summed E-state index contributed by atoms with van der Waals surface area (Å²) in [4.78, 5) is 22.0. The van der Waals surface area contributed by atoms with Gasteiger partial charge < -0.3 is 9.80 Å². The van der Waals surface area contributed by atoms with Gasteiger partial charge in [-0.25, -0.2) is 4.98 Å². The summed E-state index contributed by atoms with van der Waals surface area (Å²) in [7, 11) is 0. The Morgan fingerprint density at radius 3 is 2.79 bits per heavy atom. The smallest absolute Gasteiger partial charge is 0.227 e. The van der Waals surface area contributed by atoms with Gasteiger partial charge in [0.1, 0.15) is 11.9 Å². The Morgan fingerprint density at radius 1 is 1.21 bits per heavy atom. The van der Waals surface area contributed by atoms with Crippen LogP contribution in [0.1, 0.15) is 40.8 Å². The third-order valence-corrected chi connectivity index (χ3v) is 5.95. The van der Waals surface area contributed by atoms with Crippen LogP contribution in [0.15, 0.2) is 30.3 Å². The zero-order chi connectivity index (χ0) is 19.7. The standard InChI is InChI=1S/C23H26N4O/c1-16-12-17(2)25-22(21(16)13-24)26-10-5-8-20(15-26)23(28)27-11-9-18-6-3-4-7-19(18)14-27/h3-4,6-7,12,20H,5,8-11,14-15H2,1-2H3. The Balaban J connectivity index is 1.52. The molecule has 5 heteroatoms. The van der Waals surface area contributed by atoms with Crippen molar-refractivity contribution in [2.45, 2.75) is 39.7 Å². The summed E-state index contributed by atoms with van der Waals surface area (Å²) in [6.45, 7) is 6.89. The molecule has 1 atom stereocenters. The second kappa shape index (κ2) is 7.63. The number of anilines is 1. The number of aromatic nitrogens is 1. The molecule has 1 aromatic carbocycles. The monoisotopic (exact) mass is 374 g/mol. The van der Waals surface area contributed by atoms with Crippen LogP contribution < -0.4 is 4.90 Å². The van der Waals surface area contributed by atoms with Crippen LogP contribution in [-0.2, 0) is 17.8 Å². The van der Waals surface area contributed by atoms with Gasteiger partial charge in [-0.1, -0.05) is 24.3 Å². The first-order valence-corrected chi connectivity index (χ1v) is 10.1. The van der Waals surface area contributed by atoms with E-state index in [0.29, 0.717) is 18.7 Å². The maximum Gasteiger partial charge on any atom is 0.227 e. The molecule has 0 N–H and O–H groups in total. The predicted molar refractivity (Wildman–Crippen MR) is 109 cm³/mol. The molecule has 28 heavy (non-hydrogen) atoms. The van der Waals surface area contributed by atoms with E-state index < -0.39 is 0 Å². The molecule has 0 radical (unpaired) electrons. The molecule has 1 unspecified atom stereocenters. The van der Waals surface area contributed by atoms with Gasteiger partial charge in [0.25, 0.3) is 0 Å². The fraction of sp³-hybridized carbons (Fsp3) is 0.435. The number of amides is 1. The summed E-state index contributed by atoms with van der Waals surface area (Å²) in [5.74, 6) is 0.941. The highest BCUT2D eigenvalue weighted by Crippen LogP contribution is 2.29. The number of aryl methyl sites for hydroxylation is 2. The van der Waals surface area contributed by atoms with Crippen LogP contribution in [0.25, 0.3) is 0 Å². The number of carbonyl (C=O) groups is 1. The van der Waals surface area contributed by atoms with Crippen molar-refractivity contribution in [1.82, 2.24) is 9.88 Å². The first kappa shape index (κ1) is 18.5. The van der Waals surface area contributed by atoms with Gasteiger partial charge in [0.05, 0.1) is 11.5 Å². The molecule has 1 aromatic heterocycles. The highest BCUT2D eigenvalue weighted by atomic mass is 16.2. The molecule has 0 bridgehead atoms. The van der Waals surface area contributed by atoms with Crippen molar-refractivity contribution in [3.05, 3.63) is 58.3 Å². The molecular formula is C23H26N4O. The Bertz CT molecular complexity index is 946. The van der Waals surface area contributed by atoms with Gasteiger partial charge in [0.15, 0.2) is 0 Å². The van der Waals surface area contributed by atoms with Crippen molar-refractivity contribution in [3.63, 3.8) is 0 Å². The van der Waals surface area contributed by atoms with Crippen LogP contribution in [-0.4, -0.2) is 35.4 Å². The minimum absolute atomic E-state index is 0.0341. The number of fused-ring (bicyclic) bond motifs is 1. The van der Waals surface area contributed by atoms with E-state index >= 15 is 0 Å². The summed E-state index contributed by atoms with van der Waals surface area (Å²) < 4.78 is 0. The van der Waals surface area contributed by atoms with Crippen molar-refractivity contribution < 1.29 is 4.79 Å². The second-order valence-electron chi connectivity index (χ2n) is 7.95. The van der Waals surface area contributed by atoms with Crippen LogP contribution in [0.2, 0.25) is 0 Å². The van der Waals surface area contributed by atoms with E-state index in [1.165, 1.54) is 11.1 Å². The number of nitriles is 1. The fourth-order valence-electron chi connectivity index (χ4n) is 4.50. The normalized spacial score (nSPS) is 19.1. The lowest BCUT2D eigenvalue weighted by Gasteiger charge is -2.37. The zero-order valence-electron chi connectivity index (χ0n) is 16.6. The molecule has 2 aromatic rings. The van der Waals surface area contributed by atoms with Gasteiger partial charge >= 0.3 is 0 Å². The molecule has 5 nitrogen and oxygen atoms in total. The van der Waals surface area contributed by atoms with E-state index in [9.17, 15) is 10.1 Å². The van der Waals surface area contributed by atoms with Crippen molar-refractivity contribution >= 4 is 11.7 Å². The minimum atomic E-state index is -0.0341. The van der Waals surface area contributed by atoms with Crippen LogP contribution in [0.5, 0.6) is 0 Å². The van der Waals surface area contributed by atoms with Crippen LogP contribution in [0.4, 0.5) is 5.82 Å². The number of carbonyl (C=O) groups excluding carboxylic acids is 1. The predicted octanol–water partition coefficient (Wildman–Crippen LogP) is 3.37. The molecule has 0 aliphatic carbocycles. The Labute approximate surface area is 166 Å². The summed E-state index contributed by atoms with van der Waals surface area (Å²) >= 11 is 0. The average Bonchev–Trinajstić information content (AvgIpc) is 2.72. The molecule has 1 amide bonds. The fourth-order valence-corrected chi connectivity index (χ4v) is 4.50. The number of piperidine rings is 1. The lowest BCUT2D eigenvalue weighted by Crippen LogP contribution is -2.46. The molecule has 4 rings (SSSR count). The highest BCUT2D eigenvalue weighted by Gasteiger charge is 2.32. The number of nitrogens with zero attached hydrogens (tertiary/aromatic N) is 4. The van der Waals surface area contributed by atoms with E-state index in [1.807, 2.05) is 30.9 Å². The van der Waals surface area contributed by atoms with E-state index in [2.05, 4.69) is 34.2 Å². The van der Waals surface area contributed by atoms with Gasteiger partial charge in [-0.3, -0.25) is 4.79 Å². The third-order valence-electron chi connectivity index (χ3n) is 5.95. The van der Waals surface area contributed by atoms with Gasteiger partial charge in [0, 0.05) is 31.9 Å². The number of pyridine rings is 1. The van der Waals surface area contributed by atoms with Gasteiger partial charge in [-0.2, -0.15) is 5.26 Å². The molecule has 144 valence electrons. The number of benzene rings is 1. The largest absolute Gasteiger partial charge is 0.355 e. The maximum atomic E-state index is 13.2. The van der Waals surface area contributed by atoms with Crippen LogP contribution in [0, 0.1) is 31.1 Å². The average molecular weight is 374 g/mol. The molecule has 2 aliphatic rings. The SMILES string of the molecule is Cc1cc(C)c(C#N)c(N2CCCC(C(=O)N3CCc4ccccc4C3)C2)n1. The lowest BCUT2D eigenvalue weighted by atomic mass is 9.93. The number of hydrogen-bond acceptors (Lipinski definition) is 4. The minimum Gasteiger partial charge on any atom is -0.355 e. The van der Waals surface area contributed by atoms with E-state index in [0.717, 1.165) is 49.4 Å². The number of hydrogen-bond donors (Lipinski definition) is 0. The van der Waals surface area contributed by atoms with Crippen molar-refractivity contribution in [3.8, 4) is 6.07 Å². The summed E-state index contributed by atoms with van der Waals surface area (Å²) in [6, 6.07) is 12.7. The topological polar surface area (TPSA) is 60.2 Å². The molecule has 1 fully saturated rings. The Kier molecular flexibility index (Phi) is 5.04. The van der Waals surface area contributed by atoms with Gasteiger partial charge in [-0.15, -0.1) is 0 Å². The summed E-state index contributed by atoms with van der Waals surface area (Å²) in [5, 5.41) is 9.60. The molecule has 0 saturated carbocycles. The second-order valence-corrected chi connectivity index (χ2v) is 7.95. The molecule has 3 heterocycles. The maximum absolute atomic E-state index is 13.2. The summed E-state index contributed by atoms with van der Waals surface area (Å²) in [5.41, 5.74) is 5.11. The van der Waals surface area contributed by atoms with Crippen LogP contribution in [0.3, 0.4) is 0 Å². The van der Waals surface area contributed by atoms with E-state index in [-0.39, 0.29) is 11.8 Å². The molecule has 2 aliphatic heterocycles. The van der Waals surface area contributed by atoms with Gasteiger partial charge in [-0.05, 0) is 55.9 Å². The molecule has 1 saturated heterocycles. The zero-order valence-corrected chi connectivity index (χ0v) is 16.6. The summed E-state index contributed by atoms with van der Waals surface area (Å²) in [6.07, 6.45) is 2.77. The first-order valence-electron chi connectivity index (χ1n) is 10.1. The number of rotatable bonds is 2. The van der Waals surface area contributed by atoms with E-state index in [4.69, 9.17) is 0 Å². The van der Waals surface area contributed by atoms with Crippen molar-refractivity contribution in [1.29, 1.82) is 5.26 Å². The Hall–Kier alpha value is -2.87. The quantitative estimate of drug-likeness (QED) is 0.809. The van der Waals surface area contributed by atoms with Crippen LogP contribution >= 0.6 is 0 Å². The van der Waals surface area contributed by atoms with Crippen molar-refractivity contribution in [2.75, 3.05) is 24.5 Å². The first-order chi connectivity index (χ1) is 13.6. The molecule has 0 spiro atoms. The Morgan fingerprint density at radius 2 is 2.00 bits per heavy atom. The third kappa shape index (κ3) is 3.47. The van der Waals surface area contributed by atoms with Gasteiger partial charge in [0.2, 0.25) is 5.91 Å². The van der Waals surface area contributed by atoms with Crippen molar-refractivity contribution in [2.24, 2.45) is 5.92 Å². The van der Waals surface area contributed by atoms with E-state index in [1.54, 1.807) is 0 Å².